The Morgan fingerprint density at radius 2 is 1.77 bits per heavy atom. The summed E-state index contributed by atoms with van der Waals surface area (Å²) in [5.41, 5.74) is 1.41. The second kappa shape index (κ2) is 8.29. The molecular formula is C24H20O6. The summed E-state index contributed by atoms with van der Waals surface area (Å²) in [4.78, 5) is 25.0. The minimum absolute atomic E-state index is 0.0759. The Labute approximate surface area is 172 Å². The number of esters is 1. The molecule has 0 unspecified atom stereocenters. The molecule has 0 spiro atoms. The molecule has 6 nitrogen and oxygen atoms in total. The van der Waals surface area contributed by atoms with E-state index < -0.39 is 0 Å². The van der Waals surface area contributed by atoms with Gasteiger partial charge in [0, 0.05) is 0 Å². The first-order valence-corrected chi connectivity index (χ1v) is 9.55. The van der Waals surface area contributed by atoms with E-state index in [4.69, 9.17) is 18.3 Å². The fraction of sp³-hybridized carbons (Fsp3) is 0.167. The van der Waals surface area contributed by atoms with Gasteiger partial charge in [0.15, 0.2) is 5.76 Å². The van der Waals surface area contributed by atoms with Crippen LogP contribution in [0.15, 0.2) is 80.6 Å². The molecule has 0 atom stereocenters. The van der Waals surface area contributed by atoms with Gasteiger partial charge in [-0.25, -0.2) is 4.79 Å². The lowest BCUT2D eigenvalue weighted by Crippen LogP contribution is -2.12. The molecule has 0 amide bonds. The van der Waals surface area contributed by atoms with Gasteiger partial charge in [0.05, 0.1) is 23.3 Å². The van der Waals surface area contributed by atoms with Crippen LogP contribution in [0.25, 0.3) is 22.5 Å². The first kappa shape index (κ1) is 19.5. The van der Waals surface area contributed by atoms with Crippen molar-refractivity contribution in [1.82, 2.24) is 0 Å². The molecule has 0 aliphatic rings. The van der Waals surface area contributed by atoms with E-state index in [1.807, 2.05) is 0 Å². The number of benzene rings is 2. The molecule has 2 aromatic carbocycles. The normalized spacial score (nSPS) is 11.0. The molecule has 0 fully saturated rings. The smallest absolute Gasteiger partial charge is 0.338 e. The lowest BCUT2D eigenvalue weighted by molar-refractivity contribution is 0.0378. The zero-order valence-corrected chi connectivity index (χ0v) is 16.6. The third kappa shape index (κ3) is 3.98. The van der Waals surface area contributed by atoms with E-state index in [0.717, 1.165) is 5.56 Å². The summed E-state index contributed by atoms with van der Waals surface area (Å²) < 4.78 is 22.4. The van der Waals surface area contributed by atoms with Crippen LogP contribution in [0.1, 0.15) is 29.8 Å². The van der Waals surface area contributed by atoms with Crippen molar-refractivity contribution in [3.8, 4) is 17.3 Å². The SMILES string of the molecule is CC(C)OC(=O)c1ccc(COc2c(-c3ccco3)oc3ccccc3c2=O)cc1. The number of para-hydroxylation sites is 1. The molecule has 0 bridgehead atoms. The van der Waals surface area contributed by atoms with Crippen molar-refractivity contribution in [3.05, 3.63) is 88.3 Å². The van der Waals surface area contributed by atoms with Gasteiger partial charge in [0.25, 0.3) is 0 Å². The molecule has 4 aromatic rings. The predicted octanol–water partition coefficient (Wildman–Crippen LogP) is 5.20. The number of carbonyl (C=O) groups excluding carboxylic acids is 1. The molecule has 0 aliphatic heterocycles. The molecule has 4 rings (SSSR count). The maximum atomic E-state index is 13.0. The number of rotatable bonds is 6. The van der Waals surface area contributed by atoms with Gasteiger partial charge in [-0.2, -0.15) is 0 Å². The minimum Gasteiger partial charge on any atom is -0.481 e. The van der Waals surface area contributed by atoms with Gasteiger partial charge in [0.2, 0.25) is 16.9 Å². The van der Waals surface area contributed by atoms with Crippen LogP contribution >= 0.6 is 0 Å². The van der Waals surface area contributed by atoms with Gasteiger partial charge in [-0.15, -0.1) is 0 Å². The third-order valence-corrected chi connectivity index (χ3v) is 4.42. The molecule has 30 heavy (non-hydrogen) atoms. The van der Waals surface area contributed by atoms with Crippen LogP contribution in [-0.4, -0.2) is 12.1 Å². The second-order valence-corrected chi connectivity index (χ2v) is 7.00. The number of ether oxygens (including phenoxy) is 2. The Hall–Kier alpha value is -3.80. The van der Waals surface area contributed by atoms with E-state index in [1.165, 1.54) is 6.26 Å². The Morgan fingerprint density at radius 1 is 1.00 bits per heavy atom. The van der Waals surface area contributed by atoms with E-state index in [1.54, 1.807) is 74.5 Å². The first-order valence-electron chi connectivity index (χ1n) is 9.55. The van der Waals surface area contributed by atoms with E-state index >= 15 is 0 Å². The van der Waals surface area contributed by atoms with Gasteiger partial charge >= 0.3 is 5.97 Å². The molecular weight excluding hydrogens is 384 g/mol. The highest BCUT2D eigenvalue weighted by atomic mass is 16.5. The van der Waals surface area contributed by atoms with Gasteiger partial charge < -0.3 is 18.3 Å². The Balaban J connectivity index is 1.62. The van der Waals surface area contributed by atoms with Crippen molar-refractivity contribution in [2.24, 2.45) is 0 Å². The number of carbonyl (C=O) groups is 1. The van der Waals surface area contributed by atoms with Crippen LogP contribution in [0.4, 0.5) is 0 Å². The number of hydrogen-bond donors (Lipinski definition) is 0. The molecule has 0 radical (unpaired) electrons. The van der Waals surface area contributed by atoms with E-state index in [0.29, 0.717) is 22.3 Å². The summed E-state index contributed by atoms with van der Waals surface area (Å²) in [6.45, 7) is 3.72. The molecule has 152 valence electrons. The summed E-state index contributed by atoms with van der Waals surface area (Å²) in [6, 6.07) is 17.2. The maximum absolute atomic E-state index is 13.0. The highest BCUT2D eigenvalue weighted by molar-refractivity contribution is 5.89. The van der Waals surface area contributed by atoms with Crippen molar-refractivity contribution in [2.75, 3.05) is 0 Å². The highest BCUT2D eigenvalue weighted by Gasteiger charge is 2.19. The van der Waals surface area contributed by atoms with Crippen molar-refractivity contribution in [1.29, 1.82) is 0 Å². The van der Waals surface area contributed by atoms with Gasteiger partial charge in [-0.1, -0.05) is 24.3 Å². The molecule has 0 aliphatic carbocycles. The van der Waals surface area contributed by atoms with Crippen LogP contribution in [0.3, 0.4) is 0 Å². The zero-order chi connectivity index (χ0) is 21.1. The minimum atomic E-state index is -0.382. The van der Waals surface area contributed by atoms with Gasteiger partial charge in [-0.3, -0.25) is 4.79 Å². The molecule has 0 N–H and O–H groups in total. The Bertz CT molecular complexity index is 1220. The molecule has 0 saturated heterocycles. The van der Waals surface area contributed by atoms with Crippen LogP contribution in [-0.2, 0) is 11.3 Å². The van der Waals surface area contributed by atoms with Crippen molar-refractivity contribution in [2.45, 2.75) is 26.6 Å². The second-order valence-electron chi connectivity index (χ2n) is 7.00. The lowest BCUT2D eigenvalue weighted by Gasteiger charge is -2.11. The quantitative estimate of drug-likeness (QED) is 0.411. The molecule has 2 aromatic heterocycles. The summed E-state index contributed by atoms with van der Waals surface area (Å²) in [5.74, 6) is 0.333. The van der Waals surface area contributed by atoms with Gasteiger partial charge in [0.1, 0.15) is 12.2 Å². The average Bonchev–Trinajstić information content (AvgIpc) is 3.27. The summed E-state index contributed by atoms with van der Waals surface area (Å²) in [6.07, 6.45) is 1.32. The Morgan fingerprint density at radius 3 is 2.47 bits per heavy atom. The van der Waals surface area contributed by atoms with Gasteiger partial charge in [-0.05, 0) is 55.8 Å². The molecule has 2 heterocycles. The monoisotopic (exact) mass is 404 g/mol. The fourth-order valence-electron chi connectivity index (χ4n) is 3.00. The Kier molecular flexibility index (Phi) is 5.39. The number of hydrogen-bond acceptors (Lipinski definition) is 6. The number of fused-ring (bicyclic) bond motifs is 1. The van der Waals surface area contributed by atoms with Crippen molar-refractivity contribution >= 4 is 16.9 Å². The largest absolute Gasteiger partial charge is 0.481 e. The molecule has 0 saturated carbocycles. The third-order valence-electron chi connectivity index (χ3n) is 4.42. The first-order chi connectivity index (χ1) is 14.5. The van der Waals surface area contributed by atoms with Crippen molar-refractivity contribution < 1.29 is 23.1 Å². The highest BCUT2D eigenvalue weighted by Crippen LogP contribution is 2.31. The predicted molar refractivity (Wildman–Crippen MR) is 112 cm³/mol. The number of furan rings is 1. The topological polar surface area (TPSA) is 78.9 Å². The average molecular weight is 404 g/mol. The van der Waals surface area contributed by atoms with Crippen LogP contribution in [0.2, 0.25) is 0 Å². The zero-order valence-electron chi connectivity index (χ0n) is 16.6. The van der Waals surface area contributed by atoms with Crippen LogP contribution < -0.4 is 10.2 Å². The summed E-state index contributed by atoms with van der Waals surface area (Å²) in [5, 5.41) is 0.426. The van der Waals surface area contributed by atoms with E-state index in [2.05, 4.69) is 0 Å². The van der Waals surface area contributed by atoms with Crippen molar-refractivity contribution in [3.63, 3.8) is 0 Å². The van der Waals surface area contributed by atoms with E-state index in [-0.39, 0.29) is 35.6 Å². The van der Waals surface area contributed by atoms with E-state index in [9.17, 15) is 9.59 Å². The summed E-state index contributed by atoms with van der Waals surface area (Å²) >= 11 is 0. The van der Waals surface area contributed by atoms with Crippen LogP contribution in [0, 0.1) is 0 Å². The standard InChI is InChI=1S/C24H20O6/c1-15(2)29-24(26)17-11-9-16(10-12-17)14-28-23-21(25)18-6-3-4-7-19(18)30-22(23)20-8-5-13-27-20/h3-13,15H,14H2,1-2H3. The maximum Gasteiger partial charge on any atom is 0.338 e. The van der Waals surface area contributed by atoms with Crippen LogP contribution in [0.5, 0.6) is 5.75 Å². The molecule has 6 heteroatoms. The lowest BCUT2D eigenvalue weighted by atomic mass is 10.1. The fourth-order valence-corrected chi connectivity index (χ4v) is 3.00. The summed E-state index contributed by atoms with van der Waals surface area (Å²) in [7, 11) is 0.